The summed E-state index contributed by atoms with van der Waals surface area (Å²) in [6, 6.07) is 16.3. The fourth-order valence-corrected chi connectivity index (χ4v) is 2.59. The van der Waals surface area contributed by atoms with E-state index < -0.39 is 0 Å². The van der Waals surface area contributed by atoms with Crippen LogP contribution in [0.5, 0.6) is 11.5 Å². The van der Waals surface area contributed by atoms with Crippen LogP contribution in [0.3, 0.4) is 0 Å². The maximum Gasteiger partial charge on any atom is 0.272 e. The van der Waals surface area contributed by atoms with Gasteiger partial charge in [0.25, 0.3) is 5.91 Å². The molecule has 3 aromatic rings. The summed E-state index contributed by atoms with van der Waals surface area (Å²) in [5, 5.41) is 4.67. The van der Waals surface area contributed by atoms with Gasteiger partial charge in [0.2, 0.25) is 0 Å². The van der Waals surface area contributed by atoms with Crippen molar-refractivity contribution >= 4 is 23.7 Å². The Labute approximate surface area is 174 Å². The van der Waals surface area contributed by atoms with Gasteiger partial charge in [-0.25, -0.2) is 5.43 Å². The smallest absolute Gasteiger partial charge is 0.272 e. The molecule has 7 heteroatoms. The van der Waals surface area contributed by atoms with E-state index in [-0.39, 0.29) is 5.91 Å². The molecule has 1 aromatic heterocycles. The van der Waals surface area contributed by atoms with E-state index in [2.05, 4.69) is 15.5 Å². The van der Waals surface area contributed by atoms with Crippen LogP contribution in [0.2, 0.25) is 5.02 Å². The van der Waals surface area contributed by atoms with E-state index in [4.69, 9.17) is 21.1 Å². The summed E-state index contributed by atoms with van der Waals surface area (Å²) < 4.78 is 11.6. The summed E-state index contributed by atoms with van der Waals surface area (Å²) in [5.41, 5.74) is 4.67. The Morgan fingerprint density at radius 2 is 1.97 bits per heavy atom. The molecule has 1 N–H and O–H groups in total. The van der Waals surface area contributed by atoms with Gasteiger partial charge in [-0.15, -0.1) is 0 Å². The first-order valence-electron chi connectivity index (χ1n) is 9.03. The summed E-state index contributed by atoms with van der Waals surface area (Å²) in [6.45, 7) is 2.79. The van der Waals surface area contributed by atoms with Crippen molar-refractivity contribution in [2.24, 2.45) is 5.10 Å². The molecule has 0 unspecified atom stereocenters. The van der Waals surface area contributed by atoms with Crippen LogP contribution < -0.4 is 14.9 Å². The minimum absolute atomic E-state index is 0.331. The average molecular weight is 410 g/mol. The number of nitrogens with one attached hydrogen (secondary N) is 1. The predicted octanol–water partition coefficient (Wildman–Crippen LogP) is 4.48. The van der Waals surface area contributed by atoms with Gasteiger partial charge in [0.15, 0.2) is 11.5 Å². The van der Waals surface area contributed by atoms with Crippen LogP contribution in [0, 0.1) is 0 Å². The molecule has 6 nitrogen and oxygen atoms in total. The van der Waals surface area contributed by atoms with Gasteiger partial charge in [-0.05, 0) is 60.5 Å². The van der Waals surface area contributed by atoms with Crippen LogP contribution in [0.4, 0.5) is 0 Å². The number of hydrazone groups is 1. The minimum Gasteiger partial charge on any atom is -0.490 e. The fourth-order valence-electron chi connectivity index (χ4n) is 2.46. The number of halogens is 1. The average Bonchev–Trinajstić information content (AvgIpc) is 2.75. The molecule has 0 aliphatic carbocycles. The molecule has 0 fully saturated rings. The summed E-state index contributed by atoms with van der Waals surface area (Å²) >= 11 is 5.91. The zero-order chi connectivity index (χ0) is 20.5. The lowest BCUT2D eigenvalue weighted by atomic mass is 10.2. The van der Waals surface area contributed by atoms with Gasteiger partial charge in [-0.3, -0.25) is 9.78 Å². The largest absolute Gasteiger partial charge is 0.490 e. The Balaban J connectivity index is 1.65. The maximum atomic E-state index is 12.0. The molecule has 0 spiro atoms. The zero-order valence-corrected chi connectivity index (χ0v) is 16.6. The van der Waals surface area contributed by atoms with Crippen LogP contribution >= 0.6 is 11.6 Å². The van der Waals surface area contributed by atoms with Crippen molar-refractivity contribution in [2.75, 3.05) is 6.61 Å². The lowest BCUT2D eigenvalue weighted by Gasteiger charge is -2.12. The van der Waals surface area contributed by atoms with Gasteiger partial charge in [0, 0.05) is 17.4 Å². The number of pyridine rings is 1. The van der Waals surface area contributed by atoms with E-state index in [0.29, 0.717) is 35.3 Å². The van der Waals surface area contributed by atoms with E-state index in [1.54, 1.807) is 30.6 Å². The van der Waals surface area contributed by atoms with Crippen LogP contribution in [-0.2, 0) is 6.61 Å². The van der Waals surface area contributed by atoms with Gasteiger partial charge in [-0.1, -0.05) is 23.7 Å². The third kappa shape index (κ3) is 6.05. The molecule has 2 aromatic carbocycles. The summed E-state index contributed by atoms with van der Waals surface area (Å²) in [5.74, 6) is 0.893. The number of hydrogen-bond acceptors (Lipinski definition) is 5. The second-order valence-electron chi connectivity index (χ2n) is 6.00. The number of ether oxygens (including phenoxy) is 2. The van der Waals surface area contributed by atoms with Gasteiger partial charge in [-0.2, -0.15) is 5.10 Å². The molecule has 148 valence electrons. The number of carbonyl (C=O) groups is 1. The maximum absolute atomic E-state index is 12.0. The molecule has 29 heavy (non-hydrogen) atoms. The Morgan fingerprint density at radius 3 is 2.69 bits per heavy atom. The molecule has 0 aliphatic rings. The van der Waals surface area contributed by atoms with Crippen molar-refractivity contribution in [3.63, 3.8) is 0 Å². The second kappa shape index (κ2) is 10.2. The number of benzene rings is 2. The Bertz CT molecular complexity index is 976. The predicted molar refractivity (Wildman–Crippen MR) is 113 cm³/mol. The molecule has 0 radical (unpaired) electrons. The van der Waals surface area contributed by atoms with E-state index in [9.17, 15) is 4.79 Å². The molecule has 0 atom stereocenters. The number of nitrogens with zero attached hydrogens (tertiary/aromatic N) is 2. The van der Waals surface area contributed by atoms with Crippen LogP contribution in [-0.4, -0.2) is 23.7 Å². The molecule has 0 aliphatic heterocycles. The monoisotopic (exact) mass is 409 g/mol. The first-order valence-corrected chi connectivity index (χ1v) is 9.41. The van der Waals surface area contributed by atoms with Crippen molar-refractivity contribution < 1.29 is 14.3 Å². The second-order valence-corrected chi connectivity index (χ2v) is 6.43. The summed E-state index contributed by atoms with van der Waals surface area (Å²) in [7, 11) is 0. The third-order valence-corrected chi connectivity index (χ3v) is 4.13. The lowest BCUT2D eigenvalue weighted by Crippen LogP contribution is -2.17. The van der Waals surface area contributed by atoms with Crippen molar-refractivity contribution in [1.82, 2.24) is 10.4 Å². The highest BCUT2D eigenvalue weighted by Crippen LogP contribution is 2.29. The van der Waals surface area contributed by atoms with Crippen molar-refractivity contribution in [2.45, 2.75) is 13.5 Å². The highest BCUT2D eigenvalue weighted by Gasteiger charge is 2.07. The summed E-state index contributed by atoms with van der Waals surface area (Å²) in [6.07, 6.45) is 4.62. The topological polar surface area (TPSA) is 72.8 Å². The third-order valence-electron chi connectivity index (χ3n) is 3.88. The molecule has 1 amide bonds. The van der Waals surface area contributed by atoms with Crippen LogP contribution in [0.15, 0.2) is 72.1 Å². The number of carbonyl (C=O) groups excluding carboxylic acids is 1. The van der Waals surface area contributed by atoms with Gasteiger partial charge in [0.1, 0.15) is 6.61 Å². The molecule has 0 saturated heterocycles. The van der Waals surface area contributed by atoms with E-state index in [1.807, 2.05) is 43.3 Å². The first-order chi connectivity index (χ1) is 14.2. The van der Waals surface area contributed by atoms with Crippen LogP contribution in [0.1, 0.15) is 28.4 Å². The highest BCUT2D eigenvalue weighted by molar-refractivity contribution is 6.30. The standard InChI is InChI=1S/C22H20ClN3O3/c1-2-28-21-12-17(13-25-26-22(27)18-4-3-11-24-14-18)7-10-20(21)29-15-16-5-8-19(23)9-6-16/h3-14H,2,15H2,1H3,(H,26,27). The zero-order valence-electron chi connectivity index (χ0n) is 15.8. The van der Waals surface area contributed by atoms with Gasteiger partial charge in [0.05, 0.1) is 18.4 Å². The van der Waals surface area contributed by atoms with E-state index in [0.717, 1.165) is 11.1 Å². The molecular formula is C22H20ClN3O3. The molecule has 0 saturated carbocycles. The lowest BCUT2D eigenvalue weighted by molar-refractivity contribution is 0.0955. The SMILES string of the molecule is CCOc1cc(C=NNC(=O)c2cccnc2)ccc1OCc1ccc(Cl)cc1. The van der Waals surface area contributed by atoms with E-state index in [1.165, 1.54) is 6.20 Å². The Morgan fingerprint density at radius 1 is 1.14 bits per heavy atom. The fraction of sp³-hybridized carbons (Fsp3) is 0.136. The first kappa shape index (κ1) is 20.4. The van der Waals surface area contributed by atoms with Crippen molar-refractivity contribution in [1.29, 1.82) is 0 Å². The Hall–Kier alpha value is -3.38. The minimum atomic E-state index is -0.331. The molecule has 0 bridgehead atoms. The van der Waals surface area contributed by atoms with Gasteiger partial charge < -0.3 is 9.47 Å². The van der Waals surface area contributed by atoms with Crippen molar-refractivity contribution in [3.8, 4) is 11.5 Å². The number of rotatable bonds is 8. The summed E-state index contributed by atoms with van der Waals surface area (Å²) in [4.78, 5) is 15.9. The quantitative estimate of drug-likeness (QED) is 0.440. The molecular weight excluding hydrogens is 390 g/mol. The van der Waals surface area contributed by atoms with Crippen LogP contribution in [0.25, 0.3) is 0 Å². The molecule has 3 rings (SSSR count). The number of hydrogen-bond donors (Lipinski definition) is 1. The number of amides is 1. The van der Waals surface area contributed by atoms with E-state index >= 15 is 0 Å². The Kier molecular flexibility index (Phi) is 7.19. The van der Waals surface area contributed by atoms with Gasteiger partial charge >= 0.3 is 0 Å². The normalized spacial score (nSPS) is 10.7. The highest BCUT2D eigenvalue weighted by atomic mass is 35.5. The van der Waals surface area contributed by atoms with Crippen molar-refractivity contribution in [3.05, 3.63) is 88.7 Å². The molecule has 1 heterocycles. The number of aromatic nitrogens is 1.